The number of anilines is 2. The van der Waals surface area contributed by atoms with Gasteiger partial charge in [-0.1, -0.05) is 6.07 Å². The lowest BCUT2D eigenvalue weighted by Gasteiger charge is -2.32. The maximum absolute atomic E-state index is 13.3. The number of carbonyl (C=O) groups excluding carboxylic acids is 1. The lowest BCUT2D eigenvalue weighted by Crippen LogP contribution is -2.59. The van der Waals surface area contributed by atoms with Crippen molar-refractivity contribution >= 4 is 49.1 Å². The molecule has 5 rings (SSSR count). The average molecular weight is 653 g/mol. The first-order valence-corrected chi connectivity index (χ1v) is 14.4. The molecule has 17 heteroatoms. The molecule has 0 fully saturated rings. The summed E-state index contributed by atoms with van der Waals surface area (Å²) in [7, 11) is -4.02. The highest BCUT2D eigenvalue weighted by molar-refractivity contribution is 7.90. The van der Waals surface area contributed by atoms with Crippen LogP contribution < -0.4 is 10.0 Å². The highest BCUT2D eigenvalue weighted by Gasteiger charge is 2.70. The molecule has 0 saturated heterocycles. The third-order valence-electron chi connectivity index (χ3n) is 7.03. The molecule has 236 valence electrons. The van der Waals surface area contributed by atoms with Gasteiger partial charge in [-0.3, -0.25) is 14.5 Å². The number of nitrogens with zero attached hydrogens (tertiary/aromatic N) is 4. The van der Waals surface area contributed by atoms with Crippen LogP contribution in [0.15, 0.2) is 72.0 Å². The van der Waals surface area contributed by atoms with E-state index in [0.717, 1.165) is 13.1 Å². The van der Waals surface area contributed by atoms with E-state index in [0.29, 0.717) is 43.8 Å². The molecule has 5 aromatic rings. The molecule has 0 spiro atoms. The summed E-state index contributed by atoms with van der Waals surface area (Å²) < 4.78 is 107. The van der Waals surface area contributed by atoms with E-state index >= 15 is 0 Å². The van der Waals surface area contributed by atoms with Crippen molar-refractivity contribution in [3.63, 3.8) is 0 Å². The molecule has 0 atom stereocenters. The summed E-state index contributed by atoms with van der Waals surface area (Å²) in [5, 5.41) is 17.9. The summed E-state index contributed by atoms with van der Waals surface area (Å²) in [5.41, 5.74) is -3.20. The van der Waals surface area contributed by atoms with Crippen LogP contribution in [0, 0.1) is 6.92 Å². The molecule has 2 aromatic carbocycles. The number of nitrogens with one attached hydrogen (secondary N) is 2. The number of hydrogen-bond acceptors (Lipinski definition) is 8. The Morgan fingerprint density at radius 1 is 0.933 bits per heavy atom. The number of halogens is 6. The molecule has 0 saturated carbocycles. The zero-order valence-corrected chi connectivity index (χ0v) is 24.0. The first-order chi connectivity index (χ1) is 20.9. The number of pyridine rings is 2. The molecule has 0 aliphatic heterocycles. The van der Waals surface area contributed by atoms with Crippen molar-refractivity contribution in [1.29, 1.82) is 0 Å². The maximum atomic E-state index is 13.3. The third kappa shape index (κ3) is 5.87. The molecule has 1 amide bonds. The van der Waals surface area contributed by atoms with Crippen molar-refractivity contribution in [3.05, 3.63) is 72.7 Å². The van der Waals surface area contributed by atoms with E-state index in [1.807, 2.05) is 4.72 Å². The van der Waals surface area contributed by atoms with Crippen molar-refractivity contribution in [2.45, 2.75) is 43.2 Å². The molecule has 10 nitrogen and oxygen atoms in total. The summed E-state index contributed by atoms with van der Waals surface area (Å²) in [6.07, 6.45) is -7.81. The van der Waals surface area contributed by atoms with Crippen LogP contribution in [-0.2, 0) is 21.4 Å². The number of benzene rings is 2. The number of amides is 1. The van der Waals surface area contributed by atoms with Crippen LogP contribution in [-0.4, -0.2) is 57.1 Å². The van der Waals surface area contributed by atoms with Crippen LogP contribution in [0.1, 0.15) is 12.5 Å². The number of aryl methyl sites for hydroxylation is 1. The predicted octanol–water partition coefficient (Wildman–Crippen LogP) is 5.38. The van der Waals surface area contributed by atoms with Crippen LogP contribution in [0.2, 0.25) is 0 Å². The number of alkyl halides is 6. The Hall–Kier alpha value is -4.77. The average Bonchev–Trinajstić information content (AvgIpc) is 3.35. The molecular formula is C28H22F6N6O4S. The second-order valence-corrected chi connectivity index (χ2v) is 11.8. The first kappa shape index (κ1) is 31.6. The highest BCUT2D eigenvalue weighted by atomic mass is 32.2. The van der Waals surface area contributed by atoms with Crippen LogP contribution in [0.3, 0.4) is 0 Å². The molecule has 3 N–H and O–H groups in total. The molecule has 0 aliphatic rings. The van der Waals surface area contributed by atoms with Crippen molar-refractivity contribution in [2.75, 3.05) is 5.32 Å². The van der Waals surface area contributed by atoms with Gasteiger partial charge in [-0.15, -0.1) is 0 Å². The fraction of sp³-hybridized carbons (Fsp3) is 0.214. The normalized spacial score (nSPS) is 12.9. The van der Waals surface area contributed by atoms with E-state index in [2.05, 4.69) is 20.4 Å². The highest BCUT2D eigenvalue weighted by Crippen LogP contribution is 2.44. The second kappa shape index (κ2) is 11.0. The predicted molar refractivity (Wildman–Crippen MR) is 151 cm³/mol. The number of aliphatic hydroxyl groups is 1. The molecule has 45 heavy (non-hydrogen) atoms. The zero-order chi connectivity index (χ0) is 32.9. The molecule has 0 radical (unpaired) electrons. The van der Waals surface area contributed by atoms with E-state index in [9.17, 15) is 44.7 Å². The Morgan fingerprint density at radius 3 is 2.22 bits per heavy atom. The van der Waals surface area contributed by atoms with Gasteiger partial charge < -0.3 is 10.4 Å². The Kier molecular flexibility index (Phi) is 7.73. The SMILES string of the molecule is CC(=O)NS(=O)(=O)c1ccc(Nc2cc3c(-c4ccc5c(cnn5CC(O)(C(F)(F)F)C(F)(F)F)c4C)nccc3cn2)cc1. The number of hydrogen-bond donors (Lipinski definition) is 3. The molecule has 0 aliphatic carbocycles. The fourth-order valence-corrected chi connectivity index (χ4v) is 5.68. The van der Waals surface area contributed by atoms with E-state index < -0.39 is 40.4 Å². The van der Waals surface area contributed by atoms with Crippen LogP contribution in [0.4, 0.5) is 37.8 Å². The standard InChI is InChI=1S/C28H22F6N6O4S/c1-15-20(7-8-23-22(15)13-37-40(23)14-26(42,27(29,30)31)28(32,33)34)25-21-11-24(36-12-17(21)9-10-35-25)38-18-3-5-19(6-4-18)45(43,44)39-16(2)41/h3-13,42H,14H2,1-2H3,(H,36,38)(H,39,41). The zero-order valence-electron chi connectivity index (χ0n) is 23.2. The minimum absolute atomic E-state index is 0.0589. The Balaban J connectivity index is 1.49. The number of carbonyl (C=O) groups is 1. The van der Waals surface area contributed by atoms with Gasteiger partial charge in [0, 0.05) is 46.7 Å². The second-order valence-electron chi connectivity index (χ2n) is 10.1. The van der Waals surface area contributed by atoms with E-state index in [1.165, 1.54) is 42.6 Å². The largest absolute Gasteiger partial charge is 0.428 e. The van der Waals surface area contributed by atoms with Gasteiger partial charge in [0.05, 0.1) is 28.8 Å². The van der Waals surface area contributed by atoms with Crippen molar-refractivity contribution in [2.24, 2.45) is 0 Å². The minimum atomic E-state index is -6.00. The minimum Gasteiger partial charge on any atom is -0.372 e. The Labute approximate surface area is 250 Å². The van der Waals surface area contributed by atoms with Crippen LogP contribution >= 0.6 is 0 Å². The van der Waals surface area contributed by atoms with Gasteiger partial charge in [-0.2, -0.15) is 31.4 Å². The third-order valence-corrected chi connectivity index (χ3v) is 8.48. The molecule has 3 aromatic heterocycles. The number of aromatic nitrogens is 4. The van der Waals surface area contributed by atoms with E-state index in [4.69, 9.17) is 0 Å². The molecule has 0 unspecified atom stereocenters. The van der Waals surface area contributed by atoms with Gasteiger partial charge in [0.25, 0.3) is 15.6 Å². The molecule has 0 bridgehead atoms. The van der Waals surface area contributed by atoms with Gasteiger partial charge in [0.2, 0.25) is 5.91 Å². The van der Waals surface area contributed by atoms with Crippen molar-refractivity contribution in [1.82, 2.24) is 24.5 Å². The Morgan fingerprint density at radius 2 is 1.60 bits per heavy atom. The number of fused-ring (bicyclic) bond motifs is 2. The fourth-order valence-electron chi connectivity index (χ4n) is 4.69. The van der Waals surface area contributed by atoms with Crippen molar-refractivity contribution < 1.29 is 44.7 Å². The topological polar surface area (TPSA) is 139 Å². The van der Waals surface area contributed by atoms with Gasteiger partial charge in [-0.05, 0) is 55.0 Å². The van der Waals surface area contributed by atoms with E-state index in [1.54, 1.807) is 25.3 Å². The maximum Gasteiger partial charge on any atom is 0.428 e. The number of sulfonamides is 1. The summed E-state index contributed by atoms with van der Waals surface area (Å²) in [4.78, 5) is 19.9. The molecular weight excluding hydrogens is 630 g/mol. The smallest absolute Gasteiger partial charge is 0.372 e. The van der Waals surface area contributed by atoms with E-state index in [-0.39, 0.29) is 15.8 Å². The van der Waals surface area contributed by atoms with Gasteiger partial charge in [-0.25, -0.2) is 18.1 Å². The lowest BCUT2D eigenvalue weighted by molar-refractivity contribution is -0.372. The lowest BCUT2D eigenvalue weighted by atomic mass is 9.98. The molecule has 3 heterocycles. The number of rotatable bonds is 7. The first-order valence-electron chi connectivity index (χ1n) is 12.9. The van der Waals surface area contributed by atoms with Crippen LogP contribution in [0.5, 0.6) is 0 Å². The summed E-state index contributed by atoms with van der Waals surface area (Å²) in [6.45, 7) is 0.793. The van der Waals surface area contributed by atoms with Gasteiger partial charge in [0.1, 0.15) is 5.82 Å². The summed E-state index contributed by atoms with van der Waals surface area (Å²) in [6, 6.07) is 11.7. The Bertz CT molecular complexity index is 2030. The quantitative estimate of drug-likeness (QED) is 0.199. The van der Waals surface area contributed by atoms with Gasteiger partial charge >= 0.3 is 12.4 Å². The summed E-state index contributed by atoms with van der Waals surface area (Å²) in [5.74, 6) is -0.389. The van der Waals surface area contributed by atoms with Gasteiger partial charge in [0.15, 0.2) is 0 Å². The summed E-state index contributed by atoms with van der Waals surface area (Å²) >= 11 is 0. The monoisotopic (exact) mass is 652 g/mol. The van der Waals surface area contributed by atoms with Crippen molar-refractivity contribution in [3.8, 4) is 11.3 Å². The van der Waals surface area contributed by atoms with Crippen LogP contribution in [0.25, 0.3) is 32.9 Å².